The van der Waals surface area contributed by atoms with Crippen molar-refractivity contribution in [3.05, 3.63) is 35.4 Å². The molecule has 27 heavy (non-hydrogen) atoms. The van der Waals surface area contributed by atoms with E-state index in [0.717, 1.165) is 50.7 Å². The fraction of sp³-hybridized carbons (Fsp3) is 0.600. The van der Waals surface area contributed by atoms with Crippen LogP contribution in [0, 0.1) is 23.0 Å². The molecule has 0 aliphatic carbocycles. The lowest BCUT2D eigenvalue weighted by Gasteiger charge is -2.32. The molecule has 1 saturated heterocycles. The standard InChI is InChI=1S/C20H29F2N3O2/c1-20(2,3)19(27)23-6-9-25-7-4-14(5-8-25)13-24-18(26)15-10-16(21)12-17(22)11-15/h10-12,14H,4-9,13H2,1-3H3,(H,23,27)(H,24,26). The van der Waals surface area contributed by atoms with Gasteiger partial charge >= 0.3 is 0 Å². The molecule has 0 radical (unpaired) electrons. The second-order valence-corrected chi connectivity index (χ2v) is 8.16. The van der Waals surface area contributed by atoms with Crippen molar-refractivity contribution >= 4 is 11.8 Å². The Labute approximate surface area is 159 Å². The number of nitrogens with one attached hydrogen (secondary N) is 2. The highest BCUT2D eigenvalue weighted by atomic mass is 19.1. The van der Waals surface area contributed by atoms with Crippen molar-refractivity contribution in [3.63, 3.8) is 0 Å². The Hall–Kier alpha value is -2.02. The van der Waals surface area contributed by atoms with Crippen molar-refractivity contribution in [2.45, 2.75) is 33.6 Å². The molecule has 1 aromatic carbocycles. The van der Waals surface area contributed by atoms with E-state index in [9.17, 15) is 18.4 Å². The number of hydrogen-bond donors (Lipinski definition) is 2. The number of hydrogen-bond acceptors (Lipinski definition) is 3. The number of rotatable bonds is 6. The predicted molar refractivity (Wildman–Crippen MR) is 100 cm³/mol. The van der Waals surface area contributed by atoms with Crippen molar-refractivity contribution in [1.29, 1.82) is 0 Å². The van der Waals surface area contributed by atoms with Crippen molar-refractivity contribution in [3.8, 4) is 0 Å². The van der Waals surface area contributed by atoms with Crippen LogP contribution < -0.4 is 10.6 Å². The summed E-state index contributed by atoms with van der Waals surface area (Å²) in [5.74, 6) is -1.58. The fourth-order valence-corrected chi connectivity index (χ4v) is 3.03. The summed E-state index contributed by atoms with van der Waals surface area (Å²) >= 11 is 0. The van der Waals surface area contributed by atoms with E-state index >= 15 is 0 Å². The van der Waals surface area contributed by atoms with E-state index < -0.39 is 17.5 Å². The van der Waals surface area contributed by atoms with Crippen molar-refractivity contribution < 1.29 is 18.4 Å². The Morgan fingerprint density at radius 1 is 1.07 bits per heavy atom. The highest BCUT2D eigenvalue weighted by molar-refractivity contribution is 5.94. The maximum atomic E-state index is 13.2. The Morgan fingerprint density at radius 3 is 2.22 bits per heavy atom. The molecule has 0 unspecified atom stereocenters. The zero-order valence-corrected chi connectivity index (χ0v) is 16.3. The van der Waals surface area contributed by atoms with Gasteiger partial charge in [0.05, 0.1) is 0 Å². The number of carbonyl (C=O) groups is 2. The first kappa shape index (κ1) is 21.3. The number of likely N-dealkylation sites (tertiary alicyclic amines) is 1. The van der Waals surface area contributed by atoms with Crippen LogP contribution in [0.5, 0.6) is 0 Å². The Bertz CT molecular complexity index is 645. The van der Waals surface area contributed by atoms with Gasteiger partial charge in [-0.05, 0) is 44.0 Å². The molecule has 0 bridgehead atoms. The van der Waals surface area contributed by atoms with Gasteiger partial charge in [0.2, 0.25) is 5.91 Å². The summed E-state index contributed by atoms with van der Waals surface area (Å²) in [5.41, 5.74) is -0.380. The van der Waals surface area contributed by atoms with Crippen LogP contribution in [0.3, 0.4) is 0 Å². The van der Waals surface area contributed by atoms with Crippen LogP contribution in [-0.2, 0) is 4.79 Å². The molecule has 5 nitrogen and oxygen atoms in total. The average Bonchev–Trinajstić information content (AvgIpc) is 2.59. The van der Waals surface area contributed by atoms with E-state index in [1.165, 1.54) is 0 Å². The molecule has 1 fully saturated rings. The number of piperidine rings is 1. The third-order valence-electron chi connectivity index (χ3n) is 4.78. The zero-order chi connectivity index (χ0) is 20.0. The highest BCUT2D eigenvalue weighted by Gasteiger charge is 2.22. The number of nitrogens with zero attached hydrogens (tertiary/aromatic N) is 1. The minimum Gasteiger partial charge on any atom is -0.354 e. The monoisotopic (exact) mass is 381 g/mol. The minimum atomic E-state index is -0.757. The first-order valence-electron chi connectivity index (χ1n) is 9.40. The topological polar surface area (TPSA) is 61.4 Å². The Morgan fingerprint density at radius 2 is 1.67 bits per heavy atom. The molecule has 7 heteroatoms. The first-order valence-corrected chi connectivity index (χ1v) is 9.40. The quantitative estimate of drug-likeness (QED) is 0.796. The summed E-state index contributed by atoms with van der Waals surface area (Å²) in [6.07, 6.45) is 1.87. The largest absolute Gasteiger partial charge is 0.354 e. The smallest absolute Gasteiger partial charge is 0.251 e. The molecule has 0 aromatic heterocycles. The molecular formula is C20H29F2N3O2. The van der Waals surface area contributed by atoms with Crippen LogP contribution in [0.25, 0.3) is 0 Å². The van der Waals surface area contributed by atoms with Crippen LogP contribution in [0.15, 0.2) is 18.2 Å². The van der Waals surface area contributed by atoms with Crippen molar-refractivity contribution in [2.24, 2.45) is 11.3 Å². The Kier molecular flexibility index (Phi) is 7.30. The normalized spacial score (nSPS) is 16.2. The van der Waals surface area contributed by atoms with E-state index in [-0.39, 0.29) is 16.9 Å². The average molecular weight is 381 g/mol. The van der Waals surface area contributed by atoms with Gasteiger partial charge in [-0.15, -0.1) is 0 Å². The Balaban J connectivity index is 1.67. The van der Waals surface area contributed by atoms with Crippen LogP contribution in [-0.4, -0.2) is 49.4 Å². The van der Waals surface area contributed by atoms with E-state index in [4.69, 9.17) is 0 Å². The van der Waals surface area contributed by atoms with Gasteiger partial charge in [0.1, 0.15) is 11.6 Å². The highest BCUT2D eigenvalue weighted by Crippen LogP contribution is 2.17. The summed E-state index contributed by atoms with van der Waals surface area (Å²) in [4.78, 5) is 26.2. The molecule has 1 aromatic rings. The first-order chi connectivity index (χ1) is 12.6. The zero-order valence-electron chi connectivity index (χ0n) is 16.3. The van der Waals surface area contributed by atoms with E-state index in [2.05, 4.69) is 15.5 Å². The van der Waals surface area contributed by atoms with Crippen LogP contribution in [0.2, 0.25) is 0 Å². The third-order valence-corrected chi connectivity index (χ3v) is 4.78. The minimum absolute atomic E-state index is 0.000439. The molecule has 1 aliphatic rings. The van der Waals surface area contributed by atoms with Gasteiger partial charge in [0.15, 0.2) is 0 Å². The molecule has 2 rings (SSSR count). The van der Waals surface area contributed by atoms with Gasteiger partial charge in [-0.2, -0.15) is 0 Å². The van der Waals surface area contributed by atoms with Crippen LogP contribution >= 0.6 is 0 Å². The summed E-state index contributed by atoms with van der Waals surface area (Å²) in [6, 6.07) is 2.82. The van der Waals surface area contributed by atoms with Gasteiger partial charge in [-0.25, -0.2) is 8.78 Å². The summed E-state index contributed by atoms with van der Waals surface area (Å²) in [6.45, 7) is 9.40. The summed E-state index contributed by atoms with van der Waals surface area (Å²) in [5, 5.41) is 5.71. The van der Waals surface area contributed by atoms with E-state index in [0.29, 0.717) is 19.0 Å². The number of halogens is 2. The third kappa shape index (κ3) is 6.90. The van der Waals surface area contributed by atoms with Gasteiger partial charge < -0.3 is 15.5 Å². The molecule has 0 saturated carbocycles. The molecule has 1 aliphatic heterocycles. The second kappa shape index (κ2) is 9.26. The van der Waals surface area contributed by atoms with Gasteiger partial charge in [-0.3, -0.25) is 9.59 Å². The molecule has 0 spiro atoms. The van der Waals surface area contributed by atoms with E-state index in [1.54, 1.807) is 0 Å². The molecular weight excluding hydrogens is 352 g/mol. The summed E-state index contributed by atoms with van der Waals surface area (Å²) < 4.78 is 26.4. The van der Waals surface area contributed by atoms with Crippen LogP contribution in [0.4, 0.5) is 8.78 Å². The number of amides is 2. The second-order valence-electron chi connectivity index (χ2n) is 8.16. The summed E-state index contributed by atoms with van der Waals surface area (Å²) in [7, 11) is 0. The maximum Gasteiger partial charge on any atom is 0.251 e. The maximum absolute atomic E-state index is 13.2. The molecule has 2 N–H and O–H groups in total. The van der Waals surface area contributed by atoms with Gasteiger partial charge in [0.25, 0.3) is 5.91 Å². The van der Waals surface area contributed by atoms with E-state index in [1.807, 2.05) is 20.8 Å². The lowest BCUT2D eigenvalue weighted by atomic mass is 9.95. The number of carbonyl (C=O) groups excluding carboxylic acids is 2. The molecule has 2 amide bonds. The van der Waals surface area contributed by atoms with Crippen molar-refractivity contribution in [1.82, 2.24) is 15.5 Å². The lowest BCUT2D eigenvalue weighted by molar-refractivity contribution is -0.128. The SMILES string of the molecule is CC(C)(C)C(=O)NCCN1CCC(CNC(=O)c2cc(F)cc(F)c2)CC1. The lowest BCUT2D eigenvalue weighted by Crippen LogP contribution is -2.43. The molecule has 0 atom stereocenters. The van der Waals surface area contributed by atoms with Crippen LogP contribution in [0.1, 0.15) is 44.0 Å². The van der Waals surface area contributed by atoms with Crippen molar-refractivity contribution in [2.75, 3.05) is 32.7 Å². The molecule has 1 heterocycles. The number of benzene rings is 1. The van der Waals surface area contributed by atoms with Gasteiger partial charge in [-0.1, -0.05) is 20.8 Å². The van der Waals surface area contributed by atoms with Gasteiger partial charge in [0, 0.05) is 36.7 Å². The molecule has 150 valence electrons. The predicted octanol–water partition coefficient (Wildman–Crippen LogP) is 2.57. The fourth-order valence-electron chi connectivity index (χ4n) is 3.03.